The summed E-state index contributed by atoms with van der Waals surface area (Å²) in [6.45, 7) is 6.16. The highest BCUT2D eigenvalue weighted by Gasteiger charge is 2.22. The molecule has 0 aliphatic heterocycles. The van der Waals surface area contributed by atoms with Crippen molar-refractivity contribution in [2.45, 2.75) is 38.5 Å². The van der Waals surface area contributed by atoms with Crippen LogP contribution >= 0.6 is 0 Å². The number of carbonyl (C=O) groups is 1. The normalized spacial score (nSPS) is 13.6. The fourth-order valence-corrected chi connectivity index (χ4v) is 4.47. The summed E-state index contributed by atoms with van der Waals surface area (Å²) in [6.07, 6.45) is 7.67. The van der Waals surface area contributed by atoms with Gasteiger partial charge in [-0.3, -0.25) is 9.78 Å². The lowest BCUT2D eigenvalue weighted by atomic mass is 9.80. The predicted octanol–water partition coefficient (Wildman–Crippen LogP) is 5.28. The fraction of sp³-hybridized carbons (Fsp3) is 0.214. The van der Waals surface area contributed by atoms with E-state index in [2.05, 4.69) is 47.7 Å². The van der Waals surface area contributed by atoms with Crippen LogP contribution in [-0.2, 0) is 12.8 Å². The van der Waals surface area contributed by atoms with Gasteiger partial charge in [-0.2, -0.15) is 0 Å². The molecule has 3 heteroatoms. The summed E-state index contributed by atoms with van der Waals surface area (Å²) < 4.78 is 0. The first-order chi connectivity index (χ1) is 15.1. The molecular formula is C28H26N2O. The maximum absolute atomic E-state index is 11.5. The number of aromatic nitrogens is 1. The van der Waals surface area contributed by atoms with Gasteiger partial charge in [-0.15, -0.1) is 5.92 Å². The van der Waals surface area contributed by atoms with Crippen molar-refractivity contribution in [3.8, 4) is 11.8 Å². The van der Waals surface area contributed by atoms with Gasteiger partial charge in [0.1, 0.15) is 0 Å². The summed E-state index contributed by atoms with van der Waals surface area (Å²) in [6, 6.07) is 16.1. The number of hydrogen-bond donors (Lipinski definition) is 1. The lowest BCUT2D eigenvalue weighted by Gasteiger charge is -2.24. The molecule has 1 amide bonds. The number of nitrogens with two attached hydrogens (primary N) is 1. The van der Waals surface area contributed by atoms with Crippen LogP contribution < -0.4 is 5.73 Å². The molecule has 0 saturated carbocycles. The minimum atomic E-state index is -0.414. The van der Waals surface area contributed by atoms with Gasteiger partial charge in [0.15, 0.2) is 0 Å². The first-order valence-electron chi connectivity index (χ1n) is 10.6. The average Bonchev–Trinajstić information content (AvgIpc) is 2.79. The van der Waals surface area contributed by atoms with E-state index in [0.29, 0.717) is 5.56 Å². The van der Waals surface area contributed by atoms with Gasteiger partial charge >= 0.3 is 0 Å². The summed E-state index contributed by atoms with van der Waals surface area (Å²) in [4.78, 5) is 15.7. The molecule has 1 aliphatic rings. The van der Waals surface area contributed by atoms with E-state index in [1.807, 2.05) is 31.5 Å². The monoisotopic (exact) mass is 406 g/mol. The first kappa shape index (κ1) is 20.6. The summed E-state index contributed by atoms with van der Waals surface area (Å²) in [5.41, 5.74) is 14.5. The van der Waals surface area contributed by atoms with Crippen LogP contribution in [0.25, 0.3) is 5.57 Å². The van der Waals surface area contributed by atoms with Crippen LogP contribution in [0.5, 0.6) is 0 Å². The molecule has 3 aromatic rings. The Kier molecular flexibility index (Phi) is 6.00. The number of benzene rings is 2. The van der Waals surface area contributed by atoms with Crippen molar-refractivity contribution >= 4 is 11.5 Å². The number of fused-ring (bicyclic) bond motifs is 1. The molecule has 0 saturated heterocycles. The molecule has 3 nitrogen and oxygen atoms in total. The van der Waals surface area contributed by atoms with Gasteiger partial charge < -0.3 is 5.73 Å². The van der Waals surface area contributed by atoms with E-state index in [0.717, 1.165) is 36.8 Å². The van der Waals surface area contributed by atoms with Crippen molar-refractivity contribution in [2.24, 2.45) is 5.73 Å². The van der Waals surface area contributed by atoms with E-state index in [9.17, 15) is 4.79 Å². The van der Waals surface area contributed by atoms with Gasteiger partial charge in [0.25, 0.3) is 0 Å². The molecule has 0 unspecified atom stereocenters. The second kappa shape index (κ2) is 9.02. The first-order valence-corrected chi connectivity index (χ1v) is 10.6. The van der Waals surface area contributed by atoms with Gasteiger partial charge in [0.2, 0.25) is 5.91 Å². The minimum Gasteiger partial charge on any atom is -0.366 e. The number of rotatable bonds is 5. The Morgan fingerprint density at radius 3 is 2.45 bits per heavy atom. The number of primary amides is 1. The van der Waals surface area contributed by atoms with Crippen molar-refractivity contribution in [3.05, 3.63) is 106 Å². The Hall–Kier alpha value is -3.64. The fourth-order valence-electron chi connectivity index (χ4n) is 4.47. The molecule has 1 aromatic heterocycles. The van der Waals surface area contributed by atoms with Crippen LogP contribution in [0.3, 0.4) is 0 Å². The summed E-state index contributed by atoms with van der Waals surface area (Å²) in [5.74, 6) is 6.22. The van der Waals surface area contributed by atoms with Crippen LogP contribution in [0.1, 0.15) is 69.4 Å². The van der Waals surface area contributed by atoms with E-state index in [1.54, 1.807) is 12.1 Å². The standard InChI is InChI=1S/C28H26N2O/c1-3-5-25-23(12-13-24-19(2)6-4-7-26(24)25)18-27(21-14-16-30-17-15-21)20-8-10-22(11-9-20)28(29)31/h8-17,27H,2,4,6-7,18H2,1H3,(H2,29,31)/t27-/m1/s1. The number of nitrogens with zero attached hydrogens (tertiary/aromatic N) is 1. The SMILES string of the molecule is C=C1CCCc2c1ccc(C[C@@H](c1ccncc1)c1ccc(C(N)=O)cc1)c2C#CC. The lowest BCUT2D eigenvalue weighted by molar-refractivity contribution is 0.100. The Morgan fingerprint density at radius 1 is 1.06 bits per heavy atom. The average molecular weight is 407 g/mol. The van der Waals surface area contributed by atoms with Gasteiger partial charge in [-0.25, -0.2) is 0 Å². The molecule has 0 radical (unpaired) electrons. The maximum atomic E-state index is 11.5. The largest absolute Gasteiger partial charge is 0.366 e. The second-order valence-corrected chi connectivity index (χ2v) is 7.98. The number of carbonyl (C=O) groups excluding carboxylic acids is 1. The number of amides is 1. The lowest BCUT2D eigenvalue weighted by Crippen LogP contribution is -2.12. The molecule has 1 atom stereocenters. The van der Waals surface area contributed by atoms with Crippen LogP contribution in [0.2, 0.25) is 0 Å². The van der Waals surface area contributed by atoms with Crippen molar-refractivity contribution in [1.82, 2.24) is 4.98 Å². The summed E-state index contributed by atoms with van der Waals surface area (Å²) in [5, 5.41) is 0. The van der Waals surface area contributed by atoms with Crippen molar-refractivity contribution in [1.29, 1.82) is 0 Å². The highest BCUT2D eigenvalue weighted by atomic mass is 16.1. The van der Waals surface area contributed by atoms with Gasteiger partial charge in [-0.05, 0) is 90.3 Å². The topological polar surface area (TPSA) is 56.0 Å². The molecular weight excluding hydrogens is 380 g/mol. The van der Waals surface area contributed by atoms with Crippen molar-refractivity contribution < 1.29 is 4.79 Å². The van der Waals surface area contributed by atoms with Crippen molar-refractivity contribution in [3.63, 3.8) is 0 Å². The highest BCUT2D eigenvalue weighted by molar-refractivity contribution is 5.92. The van der Waals surface area contributed by atoms with Gasteiger partial charge in [-0.1, -0.05) is 36.8 Å². The molecule has 31 heavy (non-hydrogen) atoms. The van der Waals surface area contributed by atoms with E-state index >= 15 is 0 Å². The van der Waals surface area contributed by atoms with E-state index in [-0.39, 0.29) is 5.92 Å². The van der Waals surface area contributed by atoms with Crippen LogP contribution in [0, 0.1) is 11.8 Å². The second-order valence-electron chi connectivity index (χ2n) is 7.98. The number of hydrogen-bond acceptors (Lipinski definition) is 2. The molecule has 2 N–H and O–H groups in total. The van der Waals surface area contributed by atoms with Crippen LogP contribution in [-0.4, -0.2) is 10.9 Å². The van der Waals surface area contributed by atoms with Crippen LogP contribution in [0.4, 0.5) is 0 Å². The molecule has 1 heterocycles. The van der Waals surface area contributed by atoms with E-state index in [1.165, 1.54) is 27.8 Å². The zero-order chi connectivity index (χ0) is 21.8. The van der Waals surface area contributed by atoms with Crippen molar-refractivity contribution in [2.75, 3.05) is 0 Å². The van der Waals surface area contributed by atoms with Gasteiger partial charge in [0.05, 0.1) is 0 Å². The molecule has 0 fully saturated rings. The number of pyridine rings is 1. The molecule has 1 aliphatic carbocycles. The molecule has 0 spiro atoms. The zero-order valence-corrected chi connectivity index (χ0v) is 17.8. The third-order valence-corrected chi connectivity index (χ3v) is 6.07. The number of allylic oxidation sites excluding steroid dienone is 1. The maximum Gasteiger partial charge on any atom is 0.248 e. The Morgan fingerprint density at radius 2 is 1.77 bits per heavy atom. The smallest absolute Gasteiger partial charge is 0.248 e. The van der Waals surface area contributed by atoms with Crippen LogP contribution in [0.15, 0.2) is 67.5 Å². The minimum absolute atomic E-state index is 0.118. The predicted molar refractivity (Wildman–Crippen MR) is 126 cm³/mol. The Balaban J connectivity index is 1.79. The molecule has 154 valence electrons. The Labute approximate surface area is 184 Å². The molecule has 4 rings (SSSR count). The summed E-state index contributed by atoms with van der Waals surface area (Å²) >= 11 is 0. The quantitative estimate of drug-likeness (QED) is 0.587. The third kappa shape index (κ3) is 4.29. The van der Waals surface area contributed by atoms with E-state index in [4.69, 9.17) is 5.73 Å². The van der Waals surface area contributed by atoms with E-state index < -0.39 is 5.91 Å². The molecule has 0 bridgehead atoms. The zero-order valence-electron chi connectivity index (χ0n) is 17.8. The highest BCUT2D eigenvalue weighted by Crippen LogP contribution is 2.36. The Bertz CT molecular complexity index is 1180. The van der Waals surface area contributed by atoms with Gasteiger partial charge in [0, 0.05) is 29.4 Å². The molecule has 2 aromatic carbocycles. The summed E-state index contributed by atoms with van der Waals surface area (Å²) in [7, 11) is 0. The third-order valence-electron chi connectivity index (χ3n) is 6.07.